The maximum absolute atomic E-state index is 5.58. The summed E-state index contributed by atoms with van der Waals surface area (Å²) in [5.74, 6) is 1.11. The molecule has 4 nitrogen and oxygen atoms in total. The third kappa shape index (κ3) is 3.00. The summed E-state index contributed by atoms with van der Waals surface area (Å²) in [5.41, 5.74) is 1.13. The number of allylic oxidation sites excluding steroid dienone is 2. The van der Waals surface area contributed by atoms with Gasteiger partial charge in [-0.25, -0.2) is 10.9 Å². The first-order chi connectivity index (χ1) is 9.83. The van der Waals surface area contributed by atoms with E-state index in [0.717, 1.165) is 10.5 Å². The topological polar surface area (TPSA) is 48.2 Å². The molecule has 0 saturated carbocycles. The lowest BCUT2D eigenvalue weighted by Crippen LogP contribution is -1.96. The van der Waals surface area contributed by atoms with E-state index in [0.29, 0.717) is 24.9 Å². The number of hydrogen-bond donors (Lipinski definition) is 1. The highest BCUT2D eigenvalue weighted by Crippen LogP contribution is 2.44. The van der Waals surface area contributed by atoms with Gasteiger partial charge in [0.25, 0.3) is 5.89 Å². The van der Waals surface area contributed by atoms with Gasteiger partial charge in [-0.05, 0) is 23.3 Å². The fourth-order valence-corrected chi connectivity index (χ4v) is 2.93. The average Bonchev–Trinajstić information content (AvgIpc) is 3.09. The highest BCUT2D eigenvalue weighted by atomic mass is 32.2. The number of benzene rings is 1. The first kappa shape index (κ1) is 13.1. The molecule has 0 N–H and O–H groups in total. The standard InChI is InChI=1S/C15H15N2O2S/c1-20-9-5-8-13(20)15-16-14(17-19-15)11-18-10-12-6-3-2-4-7-12/h2-9,20H,1,10-11H2. The van der Waals surface area contributed by atoms with E-state index < -0.39 is 10.9 Å². The van der Waals surface area contributed by atoms with Crippen LogP contribution in [0.4, 0.5) is 0 Å². The van der Waals surface area contributed by atoms with Crippen molar-refractivity contribution < 1.29 is 9.26 Å². The van der Waals surface area contributed by atoms with Crippen LogP contribution in [0.3, 0.4) is 0 Å². The zero-order valence-electron chi connectivity index (χ0n) is 10.9. The third-order valence-corrected chi connectivity index (χ3v) is 4.35. The van der Waals surface area contributed by atoms with Gasteiger partial charge in [-0.15, -0.1) is 0 Å². The van der Waals surface area contributed by atoms with E-state index in [4.69, 9.17) is 9.26 Å². The van der Waals surface area contributed by atoms with Crippen LogP contribution in [0.25, 0.3) is 4.91 Å². The summed E-state index contributed by atoms with van der Waals surface area (Å²) in [7, 11) is -0.547. The van der Waals surface area contributed by atoms with E-state index in [1.54, 1.807) is 0 Å². The Hall–Kier alpha value is -1.85. The van der Waals surface area contributed by atoms with Gasteiger partial charge in [0.2, 0.25) is 0 Å². The predicted octanol–water partition coefficient (Wildman–Crippen LogP) is 3.45. The Labute approximate surface area is 120 Å². The second-order valence-electron chi connectivity index (χ2n) is 4.36. The van der Waals surface area contributed by atoms with Crippen LogP contribution in [0.1, 0.15) is 17.3 Å². The van der Waals surface area contributed by atoms with Crippen LogP contribution in [-0.4, -0.2) is 10.1 Å². The SMILES string of the molecule is [CH2][SH]1C=CC=C1c1nc(COCc2ccccc2)no1. The molecule has 1 aliphatic heterocycles. The van der Waals surface area contributed by atoms with Gasteiger partial charge in [-0.3, -0.25) is 0 Å². The van der Waals surface area contributed by atoms with Crippen molar-refractivity contribution in [1.29, 1.82) is 0 Å². The molecule has 3 rings (SSSR count). The molecule has 103 valence electrons. The summed E-state index contributed by atoms with van der Waals surface area (Å²) in [4.78, 5) is 5.35. The van der Waals surface area contributed by atoms with Crippen LogP contribution in [0.15, 0.2) is 52.4 Å². The van der Waals surface area contributed by atoms with Gasteiger partial charge in [0.05, 0.1) is 11.5 Å². The summed E-state index contributed by atoms with van der Waals surface area (Å²) >= 11 is 0. The van der Waals surface area contributed by atoms with Gasteiger partial charge in [-0.1, -0.05) is 41.6 Å². The Morgan fingerprint density at radius 2 is 2.05 bits per heavy atom. The number of aromatic nitrogens is 2. The van der Waals surface area contributed by atoms with Crippen molar-refractivity contribution in [3.63, 3.8) is 0 Å². The molecule has 20 heavy (non-hydrogen) atoms. The number of thiol groups is 1. The Morgan fingerprint density at radius 1 is 1.20 bits per heavy atom. The first-order valence-electron chi connectivity index (χ1n) is 6.26. The van der Waals surface area contributed by atoms with Crippen molar-refractivity contribution in [2.45, 2.75) is 13.2 Å². The average molecular weight is 287 g/mol. The fourth-order valence-electron chi connectivity index (χ4n) is 1.86. The van der Waals surface area contributed by atoms with Crippen LogP contribution < -0.4 is 0 Å². The second kappa shape index (κ2) is 6.07. The molecular formula is C15H15N2O2S. The highest BCUT2D eigenvalue weighted by Gasteiger charge is 2.16. The summed E-state index contributed by atoms with van der Waals surface area (Å²) in [6.45, 7) is 0.880. The molecule has 1 aliphatic rings. The molecule has 1 aromatic heterocycles. The normalized spacial score (nSPS) is 19.2. The van der Waals surface area contributed by atoms with Crippen molar-refractivity contribution in [2.24, 2.45) is 0 Å². The Kier molecular flexibility index (Phi) is 3.99. The molecule has 1 radical (unpaired) electrons. The van der Waals surface area contributed by atoms with E-state index in [1.807, 2.05) is 42.5 Å². The van der Waals surface area contributed by atoms with Crippen LogP contribution in [-0.2, 0) is 18.0 Å². The Balaban J connectivity index is 1.56. The van der Waals surface area contributed by atoms with E-state index in [1.165, 1.54) is 0 Å². The summed E-state index contributed by atoms with van der Waals surface area (Å²) < 4.78 is 10.8. The van der Waals surface area contributed by atoms with Crippen LogP contribution in [0.2, 0.25) is 0 Å². The lowest BCUT2D eigenvalue weighted by Gasteiger charge is -2.05. The molecule has 0 fully saturated rings. The molecular weight excluding hydrogens is 272 g/mol. The van der Waals surface area contributed by atoms with Crippen LogP contribution in [0, 0.1) is 6.26 Å². The maximum Gasteiger partial charge on any atom is 0.262 e. The molecule has 0 spiro atoms. The molecule has 2 heterocycles. The molecule has 0 amide bonds. The lowest BCUT2D eigenvalue weighted by molar-refractivity contribution is 0.0999. The largest absolute Gasteiger partial charge is 0.369 e. The van der Waals surface area contributed by atoms with Crippen LogP contribution in [0.5, 0.6) is 0 Å². The minimum absolute atomic E-state index is 0.341. The number of ether oxygens (including phenoxy) is 1. The molecule has 0 bridgehead atoms. The quantitative estimate of drug-likeness (QED) is 0.856. The molecule has 5 heteroatoms. The zero-order chi connectivity index (χ0) is 13.8. The number of hydrogen-bond acceptors (Lipinski definition) is 4. The smallest absolute Gasteiger partial charge is 0.262 e. The summed E-state index contributed by atoms with van der Waals surface area (Å²) in [6.07, 6.45) is 8.01. The minimum Gasteiger partial charge on any atom is -0.369 e. The van der Waals surface area contributed by atoms with Gasteiger partial charge < -0.3 is 9.26 Å². The maximum atomic E-state index is 5.58. The lowest BCUT2D eigenvalue weighted by atomic mass is 10.2. The second-order valence-corrected chi connectivity index (χ2v) is 6.08. The fraction of sp³-hybridized carbons (Fsp3) is 0.133. The van der Waals surface area contributed by atoms with E-state index in [2.05, 4.69) is 21.8 Å². The summed E-state index contributed by atoms with van der Waals surface area (Å²) in [5, 5.41) is 5.99. The predicted molar refractivity (Wildman–Crippen MR) is 80.7 cm³/mol. The van der Waals surface area contributed by atoms with Crippen molar-refractivity contribution in [3.05, 3.63) is 71.4 Å². The minimum atomic E-state index is -0.547. The van der Waals surface area contributed by atoms with E-state index >= 15 is 0 Å². The van der Waals surface area contributed by atoms with Crippen molar-refractivity contribution >= 4 is 15.8 Å². The number of rotatable bonds is 5. The van der Waals surface area contributed by atoms with Gasteiger partial charge in [0, 0.05) is 0 Å². The third-order valence-electron chi connectivity index (χ3n) is 2.86. The van der Waals surface area contributed by atoms with Gasteiger partial charge >= 0.3 is 0 Å². The molecule has 1 aromatic carbocycles. The first-order valence-corrected chi connectivity index (χ1v) is 7.85. The molecule has 1 unspecified atom stereocenters. The van der Waals surface area contributed by atoms with E-state index in [-0.39, 0.29) is 0 Å². The highest BCUT2D eigenvalue weighted by molar-refractivity contribution is 8.28. The molecule has 1 atom stereocenters. The summed E-state index contributed by atoms with van der Waals surface area (Å²) in [6, 6.07) is 10.00. The Bertz CT molecular complexity index is 634. The van der Waals surface area contributed by atoms with Gasteiger partial charge in [0.15, 0.2) is 5.82 Å². The van der Waals surface area contributed by atoms with Crippen molar-refractivity contribution in [3.8, 4) is 0 Å². The van der Waals surface area contributed by atoms with E-state index in [9.17, 15) is 0 Å². The van der Waals surface area contributed by atoms with Gasteiger partial charge in [0.1, 0.15) is 6.61 Å². The van der Waals surface area contributed by atoms with Crippen molar-refractivity contribution in [1.82, 2.24) is 10.1 Å². The van der Waals surface area contributed by atoms with Crippen LogP contribution >= 0.6 is 10.9 Å². The molecule has 2 aromatic rings. The number of nitrogens with zero attached hydrogens (tertiary/aromatic N) is 2. The zero-order valence-corrected chi connectivity index (χ0v) is 11.8. The van der Waals surface area contributed by atoms with Gasteiger partial charge in [-0.2, -0.15) is 4.98 Å². The molecule has 0 aliphatic carbocycles. The van der Waals surface area contributed by atoms with Crippen molar-refractivity contribution in [2.75, 3.05) is 0 Å². The molecule has 0 saturated heterocycles. The monoisotopic (exact) mass is 287 g/mol. The Morgan fingerprint density at radius 3 is 2.80 bits per heavy atom.